The van der Waals surface area contributed by atoms with E-state index in [9.17, 15) is 9.59 Å². The van der Waals surface area contributed by atoms with E-state index in [0.717, 1.165) is 38.8 Å². The quantitative estimate of drug-likeness (QED) is 0.792. The fourth-order valence-electron chi connectivity index (χ4n) is 3.97. The van der Waals surface area contributed by atoms with Gasteiger partial charge >= 0.3 is 12.0 Å². The molecule has 2 unspecified atom stereocenters. The van der Waals surface area contributed by atoms with Gasteiger partial charge < -0.3 is 14.5 Å². The molecule has 0 aliphatic carbocycles. The summed E-state index contributed by atoms with van der Waals surface area (Å²) >= 11 is 0. The zero-order chi connectivity index (χ0) is 17.8. The summed E-state index contributed by atoms with van der Waals surface area (Å²) in [6.07, 6.45) is 3.89. The van der Waals surface area contributed by atoms with E-state index in [1.165, 1.54) is 18.2 Å². The van der Waals surface area contributed by atoms with Crippen molar-refractivity contribution in [1.29, 1.82) is 0 Å². The Hall–Kier alpha value is -2.04. The first-order chi connectivity index (χ1) is 12.1. The van der Waals surface area contributed by atoms with Crippen LogP contribution < -0.4 is 0 Å². The lowest BCUT2D eigenvalue weighted by Crippen LogP contribution is -2.50. The molecular formula is C20H28N2O3. The summed E-state index contributed by atoms with van der Waals surface area (Å²) in [5, 5.41) is 0. The molecule has 1 aromatic rings. The first kappa shape index (κ1) is 17.8. The third-order valence-electron chi connectivity index (χ3n) is 5.49. The number of likely N-dealkylation sites (tertiary alicyclic amines) is 2. The van der Waals surface area contributed by atoms with E-state index in [4.69, 9.17) is 4.74 Å². The van der Waals surface area contributed by atoms with E-state index in [2.05, 4.69) is 31.2 Å². The zero-order valence-electron chi connectivity index (χ0n) is 15.2. The van der Waals surface area contributed by atoms with Crippen molar-refractivity contribution in [2.24, 2.45) is 5.92 Å². The van der Waals surface area contributed by atoms with Crippen LogP contribution in [0, 0.1) is 5.92 Å². The van der Waals surface area contributed by atoms with Crippen molar-refractivity contribution in [3.05, 3.63) is 35.4 Å². The molecule has 5 nitrogen and oxygen atoms in total. The predicted molar refractivity (Wildman–Crippen MR) is 96.5 cm³/mol. The SMILES string of the molecule is CCc1ccc(C2CC(C(=O)OC)CN(C(=O)N3CCCC3)C2)cc1. The largest absolute Gasteiger partial charge is 0.469 e. The number of carbonyl (C=O) groups excluding carboxylic acids is 2. The monoisotopic (exact) mass is 344 g/mol. The number of carbonyl (C=O) groups is 2. The summed E-state index contributed by atoms with van der Waals surface area (Å²) in [4.78, 5) is 28.8. The number of nitrogens with zero attached hydrogens (tertiary/aromatic N) is 2. The summed E-state index contributed by atoms with van der Waals surface area (Å²) in [6, 6.07) is 8.64. The lowest BCUT2D eigenvalue weighted by atomic mass is 9.84. The first-order valence-electron chi connectivity index (χ1n) is 9.33. The molecular weight excluding hydrogens is 316 g/mol. The molecule has 1 aromatic carbocycles. The predicted octanol–water partition coefficient (Wildman–Crippen LogP) is 3.04. The number of aryl methyl sites for hydroxylation is 1. The molecule has 0 bridgehead atoms. The Morgan fingerprint density at radius 1 is 1.08 bits per heavy atom. The van der Waals surface area contributed by atoms with Crippen LogP contribution in [0.15, 0.2) is 24.3 Å². The molecule has 2 heterocycles. The number of urea groups is 1. The maximum atomic E-state index is 12.8. The number of ether oxygens (including phenoxy) is 1. The Kier molecular flexibility index (Phi) is 5.61. The van der Waals surface area contributed by atoms with Crippen molar-refractivity contribution >= 4 is 12.0 Å². The maximum Gasteiger partial charge on any atom is 0.320 e. The smallest absolute Gasteiger partial charge is 0.320 e. The van der Waals surface area contributed by atoms with Crippen molar-refractivity contribution < 1.29 is 14.3 Å². The van der Waals surface area contributed by atoms with Crippen molar-refractivity contribution in [2.75, 3.05) is 33.3 Å². The number of esters is 1. The van der Waals surface area contributed by atoms with Gasteiger partial charge in [-0.1, -0.05) is 31.2 Å². The van der Waals surface area contributed by atoms with E-state index in [0.29, 0.717) is 13.1 Å². The van der Waals surface area contributed by atoms with Gasteiger partial charge in [-0.3, -0.25) is 4.79 Å². The van der Waals surface area contributed by atoms with Crippen LogP contribution in [0.2, 0.25) is 0 Å². The number of benzene rings is 1. The summed E-state index contributed by atoms with van der Waals surface area (Å²) < 4.78 is 4.97. The Morgan fingerprint density at radius 3 is 2.36 bits per heavy atom. The van der Waals surface area contributed by atoms with Crippen LogP contribution in [-0.4, -0.2) is 55.1 Å². The van der Waals surface area contributed by atoms with Gasteiger partial charge in [0.05, 0.1) is 13.0 Å². The molecule has 3 rings (SSSR count). The van der Waals surface area contributed by atoms with Crippen LogP contribution in [0.25, 0.3) is 0 Å². The van der Waals surface area contributed by atoms with E-state index in [-0.39, 0.29) is 23.8 Å². The summed E-state index contributed by atoms with van der Waals surface area (Å²) in [7, 11) is 1.43. The zero-order valence-corrected chi connectivity index (χ0v) is 15.2. The number of amides is 2. The summed E-state index contributed by atoms with van der Waals surface area (Å²) in [6.45, 7) is 4.93. The van der Waals surface area contributed by atoms with Gasteiger partial charge in [0.15, 0.2) is 0 Å². The number of piperidine rings is 1. The molecule has 0 saturated carbocycles. The lowest BCUT2D eigenvalue weighted by Gasteiger charge is -2.38. The minimum Gasteiger partial charge on any atom is -0.469 e. The van der Waals surface area contributed by atoms with E-state index in [1.54, 1.807) is 0 Å². The fourth-order valence-corrected chi connectivity index (χ4v) is 3.97. The number of rotatable bonds is 3. The third-order valence-corrected chi connectivity index (χ3v) is 5.49. The van der Waals surface area contributed by atoms with Crippen LogP contribution in [0.4, 0.5) is 4.79 Å². The average Bonchev–Trinajstić information content (AvgIpc) is 3.21. The Labute approximate surface area is 149 Å². The molecule has 25 heavy (non-hydrogen) atoms. The molecule has 2 saturated heterocycles. The number of hydrogen-bond donors (Lipinski definition) is 0. The van der Waals surface area contributed by atoms with Gasteiger partial charge in [-0.25, -0.2) is 4.79 Å². The van der Waals surface area contributed by atoms with Crippen molar-refractivity contribution in [2.45, 2.75) is 38.5 Å². The van der Waals surface area contributed by atoms with Crippen LogP contribution in [0.3, 0.4) is 0 Å². The van der Waals surface area contributed by atoms with E-state index in [1.807, 2.05) is 9.80 Å². The van der Waals surface area contributed by atoms with Crippen LogP contribution >= 0.6 is 0 Å². The molecule has 0 aromatic heterocycles. The third kappa shape index (κ3) is 3.97. The normalized spacial score (nSPS) is 23.6. The Balaban J connectivity index is 1.78. The van der Waals surface area contributed by atoms with Gasteiger partial charge in [-0.2, -0.15) is 0 Å². The minimum atomic E-state index is -0.249. The Bertz CT molecular complexity index is 608. The van der Waals surface area contributed by atoms with Gasteiger partial charge in [0.1, 0.15) is 0 Å². The second kappa shape index (κ2) is 7.89. The van der Waals surface area contributed by atoms with E-state index >= 15 is 0 Å². The minimum absolute atomic E-state index is 0.0706. The van der Waals surface area contributed by atoms with E-state index < -0.39 is 0 Å². The molecule has 136 valence electrons. The molecule has 5 heteroatoms. The second-order valence-electron chi connectivity index (χ2n) is 7.13. The summed E-state index contributed by atoms with van der Waals surface area (Å²) in [5.41, 5.74) is 2.50. The average molecular weight is 344 g/mol. The maximum absolute atomic E-state index is 12.8. The standard InChI is InChI=1S/C20H28N2O3/c1-3-15-6-8-16(9-7-15)17-12-18(19(23)25-2)14-22(13-17)20(24)21-10-4-5-11-21/h6-9,17-18H,3-5,10-14H2,1-2H3. The highest BCUT2D eigenvalue weighted by atomic mass is 16.5. The molecule has 2 atom stereocenters. The van der Waals surface area contributed by atoms with Crippen LogP contribution in [0.5, 0.6) is 0 Å². The summed E-state index contributed by atoms with van der Waals surface area (Å²) in [5.74, 6) is -0.287. The number of methoxy groups -OCH3 is 1. The van der Waals surface area contributed by atoms with Gasteiger partial charge in [-0.15, -0.1) is 0 Å². The Morgan fingerprint density at radius 2 is 1.76 bits per heavy atom. The van der Waals surface area contributed by atoms with Crippen molar-refractivity contribution in [1.82, 2.24) is 9.80 Å². The second-order valence-corrected chi connectivity index (χ2v) is 7.13. The molecule has 0 N–H and O–H groups in total. The van der Waals surface area contributed by atoms with Gasteiger partial charge in [0, 0.05) is 32.1 Å². The van der Waals surface area contributed by atoms with Crippen molar-refractivity contribution in [3.8, 4) is 0 Å². The molecule has 2 aliphatic rings. The van der Waals surface area contributed by atoms with Gasteiger partial charge in [0.25, 0.3) is 0 Å². The van der Waals surface area contributed by atoms with Crippen molar-refractivity contribution in [3.63, 3.8) is 0 Å². The molecule has 2 aliphatic heterocycles. The topological polar surface area (TPSA) is 49.9 Å². The highest BCUT2D eigenvalue weighted by Crippen LogP contribution is 2.32. The lowest BCUT2D eigenvalue weighted by molar-refractivity contribution is -0.147. The first-order valence-corrected chi connectivity index (χ1v) is 9.33. The highest BCUT2D eigenvalue weighted by Gasteiger charge is 2.36. The molecule has 0 spiro atoms. The number of hydrogen-bond acceptors (Lipinski definition) is 3. The molecule has 2 fully saturated rings. The highest BCUT2D eigenvalue weighted by molar-refractivity contribution is 5.78. The molecule has 0 radical (unpaired) electrons. The fraction of sp³-hybridized carbons (Fsp3) is 0.600. The van der Waals surface area contributed by atoms with Gasteiger partial charge in [-0.05, 0) is 36.8 Å². The van der Waals surface area contributed by atoms with Crippen LogP contribution in [-0.2, 0) is 16.0 Å². The molecule has 2 amide bonds. The van der Waals surface area contributed by atoms with Crippen LogP contribution in [0.1, 0.15) is 43.2 Å². The van der Waals surface area contributed by atoms with Gasteiger partial charge in [0.2, 0.25) is 0 Å².